The first-order valence-corrected chi connectivity index (χ1v) is 7.28. The average molecular weight is 316 g/mol. The van der Waals surface area contributed by atoms with Crippen molar-refractivity contribution in [3.05, 3.63) is 29.8 Å². The lowest BCUT2D eigenvalue weighted by atomic mass is 10.3. The van der Waals surface area contributed by atoms with E-state index in [1.165, 1.54) is 17.4 Å². The maximum atomic E-state index is 13.3. The van der Waals surface area contributed by atoms with Gasteiger partial charge in [-0.25, -0.2) is 8.78 Å². The van der Waals surface area contributed by atoms with Crippen molar-refractivity contribution in [3.8, 4) is 0 Å². The summed E-state index contributed by atoms with van der Waals surface area (Å²) in [4.78, 5) is 11.6. The summed E-state index contributed by atoms with van der Waals surface area (Å²) in [6.45, 7) is 0. The highest BCUT2D eigenvalue weighted by molar-refractivity contribution is 8.01. The summed E-state index contributed by atoms with van der Waals surface area (Å²) in [5.41, 5.74) is -0.439. The Morgan fingerprint density at radius 3 is 2.65 bits per heavy atom. The molecule has 0 aliphatic heterocycles. The zero-order chi connectivity index (χ0) is 14.5. The number of nitrogens with zero attached hydrogens (tertiary/aromatic N) is 2. The lowest BCUT2D eigenvalue weighted by Crippen LogP contribution is -2.16. The minimum absolute atomic E-state index is 0.00782. The number of para-hydroxylation sites is 1. The minimum Gasteiger partial charge on any atom is -0.363 e. The van der Waals surface area contributed by atoms with Gasteiger partial charge in [0.15, 0.2) is 4.34 Å². The standard InChI is InChI=1S/C11H10F2N4OS2/c1-14-10-16-17-11(20-10)19-5-8(18)15-9-6(12)3-2-4-7(9)13/h2-4H,5H2,1H3,(H,14,16)(H,15,18). The quantitative estimate of drug-likeness (QED) is 0.830. The lowest BCUT2D eigenvalue weighted by Gasteiger charge is -2.06. The van der Waals surface area contributed by atoms with Gasteiger partial charge in [-0.1, -0.05) is 29.2 Å². The van der Waals surface area contributed by atoms with Crippen molar-refractivity contribution in [3.63, 3.8) is 0 Å². The number of thioether (sulfide) groups is 1. The first kappa shape index (κ1) is 14.7. The molecule has 0 fully saturated rings. The molecule has 0 aliphatic carbocycles. The molecule has 20 heavy (non-hydrogen) atoms. The molecule has 9 heteroatoms. The number of nitrogens with one attached hydrogen (secondary N) is 2. The van der Waals surface area contributed by atoms with E-state index in [0.29, 0.717) is 9.47 Å². The number of hydrogen-bond acceptors (Lipinski definition) is 6. The van der Waals surface area contributed by atoms with Gasteiger partial charge in [-0.3, -0.25) is 4.79 Å². The van der Waals surface area contributed by atoms with Crippen LogP contribution in [-0.4, -0.2) is 28.9 Å². The topological polar surface area (TPSA) is 66.9 Å². The first-order valence-electron chi connectivity index (χ1n) is 5.48. The summed E-state index contributed by atoms with van der Waals surface area (Å²) in [6, 6.07) is 3.39. The predicted octanol–water partition coefficient (Wildman–Crippen LogP) is 2.59. The van der Waals surface area contributed by atoms with Gasteiger partial charge < -0.3 is 10.6 Å². The molecule has 2 N–H and O–H groups in total. The highest BCUT2D eigenvalue weighted by Gasteiger charge is 2.13. The smallest absolute Gasteiger partial charge is 0.234 e. The van der Waals surface area contributed by atoms with E-state index in [-0.39, 0.29) is 5.75 Å². The van der Waals surface area contributed by atoms with Crippen LogP contribution < -0.4 is 10.6 Å². The summed E-state index contributed by atoms with van der Waals surface area (Å²) in [5.74, 6) is -2.14. The SMILES string of the molecule is CNc1nnc(SCC(=O)Nc2c(F)cccc2F)s1. The monoisotopic (exact) mass is 316 g/mol. The van der Waals surface area contributed by atoms with Gasteiger partial charge in [0.2, 0.25) is 11.0 Å². The highest BCUT2D eigenvalue weighted by Crippen LogP contribution is 2.25. The zero-order valence-electron chi connectivity index (χ0n) is 10.3. The Kier molecular flexibility index (Phi) is 4.85. The van der Waals surface area contributed by atoms with Gasteiger partial charge in [-0.15, -0.1) is 10.2 Å². The normalized spacial score (nSPS) is 10.3. The molecule has 1 aromatic heterocycles. The summed E-state index contributed by atoms with van der Waals surface area (Å²) in [5, 5.41) is 13.3. The van der Waals surface area contributed by atoms with E-state index in [4.69, 9.17) is 0 Å². The number of carbonyl (C=O) groups is 1. The van der Waals surface area contributed by atoms with Crippen LogP contribution in [0, 0.1) is 11.6 Å². The van der Waals surface area contributed by atoms with Gasteiger partial charge in [0.25, 0.3) is 0 Å². The Balaban J connectivity index is 1.92. The van der Waals surface area contributed by atoms with Crippen molar-refractivity contribution in [1.29, 1.82) is 0 Å². The van der Waals surface area contributed by atoms with Crippen LogP contribution in [0.2, 0.25) is 0 Å². The molecular formula is C11H10F2N4OS2. The fourth-order valence-electron chi connectivity index (χ4n) is 1.29. The molecule has 0 unspecified atom stereocenters. The molecule has 5 nitrogen and oxygen atoms in total. The molecule has 0 radical (unpaired) electrons. The third kappa shape index (κ3) is 3.64. The maximum Gasteiger partial charge on any atom is 0.234 e. The number of aromatic nitrogens is 2. The van der Waals surface area contributed by atoms with Crippen LogP contribution in [0.3, 0.4) is 0 Å². The second-order valence-corrected chi connectivity index (χ2v) is 5.76. The highest BCUT2D eigenvalue weighted by atomic mass is 32.2. The summed E-state index contributed by atoms with van der Waals surface area (Å²) < 4.78 is 27.3. The van der Waals surface area contributed by atoms with Gasteiger partial charge in [0.05, 0.1) is 5.75 Å². The number of rotatable bonds is 5. The van der Waals surface area contributed by atoms with Crippen LogP contribution in [-0.2, 0) is 4.79 Å². The molecule has 0 aliphatic rings. The van der Waals surface area contributed by atoms with Crippen molar-refractivity contribution in [2.45, 2.75) is 4.34 Å². The number of amides is 1. The average Bonchev–Trinajstić information content (AvgIpc) is 2.89. The van der Waals surface area contributed by atoms with Gasteiger partial charge >= 0.3 is 0 Å². The van der Waals surface area contributed by atoms with E-state index in [1.807, 2.05) is 0 Å². The Bertz CT molecular complexity index is 600. The third-order valence-corrected chi connectivity index (χ3v) is 4.25. The number of hydrogen-bond donors (Lipinski definition) is 2. The molecule has 0 spiro atoms. The summed E-state index contributed by atoms with van der Waals surface area (Å²) in [6.07, 6.45) is 0. The molecule has 1 aromatic carbocycles. The van der Waals surface area contributed by atoms with Crippen molar-refractivity contribution in [1.82, 2.24) is 10.2 Å². The van der Waals surface area contributed by atoms with Crippen molar-refractivity contribution in [2.24, 2.45) is 0 Å². The van der Waals surface area contributed by atoms with E-state index in [2.05, 4.69) is 20.8 Å². The molecule has 0 saturated carbocycles. The summed E-state index contributed by atoms with van der Waals surface area (Å²) >= 11 is 2.43. The Labute approximate surface area is 121 Å². The maximum absolute atomic E-state index is 13.3. The largest absolute Gasteiger partial charge is 0.363 e. The van der Waals surface area contributed by atoms with Crippen LogP contribution in [0.5, 0.6) is 0 Å². The Hall–Kier alpha value is -1.74. The van der Waals surface area contributed by atoms with E-state index in [9.17, 15) is 13.6 Å². The number of benzene rings is 1. The number of halogens is 2. The van der Waals surface area contributed by atoms with Gasteiger partial charge in [0, 0.05) is 7.05 Å². The van der Waals surface area contributed by atoms with Gasteiger partial charge in [-0.05, 0) is 12.1 Å². The Morgan fingerprint density at radius 2 is 2.05 bits per heavy atom. The molecule has 1 amide bonds. The lowest BCUT2D eigenvalue weighted by molar-refractivity contribution is -0.113. The van der Waals surface area contributed by atoms with Crippen LogP contribution in [0.4, 0.5) is 19.6 Å². The fourth-order valence-corrected chi connectivity index (χ4v) is 2.79. The van der Waals surface area contributed by atoms with E-state index in [0.717, 1.165) is 23.9 Å². The molecule has 2 rings (SSSR count). The fraction of sp³-hybridized carbons (Fsp3) is 0.182. The van der Waals surface area contributed by atoms with Crippen LogP contribution in [0.1, 0.15) is 0 Å². The predicted molar refractivity (Wildman–Crippen MR) is 75.2 cm³/mol. The summed E-state index contributed by atoms with van der Waals surface area (Å²) in [7, 11) is 1.71. The zero-order valence-corrected chi connectivity index (χ0v) is 11.9. The molecule has 1 heterocycles. The second kappa shape index (κ2) is 6.62. The van der Waals surface area contributed by atoms with Crippen LogP contribution in [0.15, 0.2) is 22.5 Å². The van der Waals surface area contributed by atoms with Crippen molar-refractivity contribution in [2.75, 3.05) is 23.4 Å². The molecule has 0 atom stereocenters. The minimum atomic E-state index is -0.809. The third-order valence-electron chi connectivity index (χ3n) is 2.17. The number of carbonyl (C=O) groups excluding carboxylic acids is 1. The first-order chi connectivity index (χ1) is 9.60. The number of anilines is 2. The van der Waals surface area contributed by atoms with Crippen molar-refractivity contribution < 1.29 is 13.6 Å². The second-order valence-electron chi connectivity index (χ2n) is 3.56. The van der Waals surface area contributed by atoms with Gasteiger partial charge in [0.1, 0.15) is 17.3 Å². The van der Waals surface area contributed by atoms with E-state index < -0.39 is 23.2 Å². The van der Waals surface area contributed by atoms with E-state index >= 15 is 0 Å². The molecule has 106 valence electrons. The molecule has 0 saturated heterocycles. The Morgan fingerprint density at radius 1 is 1.35 bits per heavy atom. The van der Waals surface area contributed by atoms with Crippen molar-refractivity contribution >= 4 is 39.8 Å². The van der Waals surface area contributed by atoms with Gasteiger partial charge in [-0.2, -0.15) is 0 Å². The molecule has 2 aromatic rings. The van der Waals surface area contributed by atoms with E-state index in [1.54, 1.807) is 7.05 Å². The van der Waals surface area contributed by atoms with Crippen LogP contribution >= 0.6 is 23.1 Å². The van der Waals surface area contributed by atoms with Crippen LogP contribution in [0.25, 0.3) is 0 Å². The molecular weight excluding hydrogens is 306 g/mol. The molecule has 0 bridgehead atoms.